The van der Waals surface area contributed by atoms with Crippen molar-refractivity contribution in [2.75, 3.05) is 46.3 Å². The fourth-order valence-corrected chi connectivity index (χ4v) is 7.61. The molecule has 2 amide bonds. The van der Waals surface area contributed by atoms with E-state index in [2.05, 4.69) is 10.6 Å². The number of rotatable bonds is 11. The van der Waals surface area contributed by atoms with E-state index in [1.54, 1.807) is 33.5 Å². The number of benzene rings is 1. The Morgan fingerprint density at radius 3 is 2.54 bits per heavy atom. The van der Waals surface area contributed by atoms with E-state index in [1.165, 1.54) is 6.92 Å². The maximum Gasteiger partial charge on any atom is 0.222 e. The number of methoxy groups -OCH3 is 3. The van der Waals surface area contributed by atoms with Gasteiger partial charge in [0.05, 0.1) is 38.7 Å². The van der Waals surface area contributed by atoms with Gasteiger partial charge in [0.1, 0.15) is 0 Å². The number of aryl methyl sites for hydroxylation is 1. The Morgan fingerprint density at radius 1 is 1.00 bits per heavy atom. The summed E-state index contributed by atoms with van der Waals surface area (Å²) in [7, 11) is 4.73. The molecule has 46 heavy (non-hydrogen) atoms. The first-order valence-corrected chi connectivity index (χ1v) is 16.7. The Bertz CT molecular complexity index is 1500. The molecule has 0 radical (unpaired) electrons. The van der Waals surface area contributed by atoms with E-state index >= 15 is 0 Å². The van der Waals surface area contributed by atoms with Crippen molar-refractivity contribution in [2.24, 2.45) is 5.92 Å². The Labute approximate surface area is 271 Å². The quantitative estimate of drug-likeness (QED) is 0.295. The Hall–Kier alpha value is -3.79. The molecule has 0 aromatic heterocycles. The summed E-state index contributed by atoms with van der Waals surface area (Å²) < 4.78 is 17.1. The van der Waals surface area contributed by atoms with Crippen LogP contribution in [-0.2, 0) is 16.0 Å². The van der Waals surface area contributed by atoms with Crippen LogP contribution in [0.1, 0.15) is 88.3 Å². The van der Waals surface area contributed by atoms with Gasteiger partial charge in [0.15, 0.2) is 11.5 Å². The SMILES string of the molecule is COc1cc2c(c(OC)c1OC)-c1ccc(NCCCCCC(=O)N3CCC4(O)CCCCC4C3)c(=O)cc1[C@@H](NC(C)=O)CC2. The van der Waals surface area contributed by atoms with Gasteiger partial charge in [-0.3, -0.25) is 14.4 Å². The molecule has 2 aromatic rings. The second-order valence-corrected chi connectivity index (χ2v) is 13.0. The van der Waals surface area contributed by atoms with E-state index in [0.717, 1.165) is 67.2 Å². The Balaban J connectivity index is 1.26. The van der Waals surface area contributed by atoms with Crippen molar-refractivity contribution < 1.29 is 28.9 Å². The molecule has 3 atom stereocenters. The molecule has 0 spiro atoms. The summed E-state index contributed by atoms with van der Waals surface area (Å²) in [5.74, 6) is 1.75. The number of amides is 2. The predicted octanol–water partition coefficient (Wildman–Crippen LogP) is 4.99. The summed E-state index contributed by atoms with van der Waals surface area (Å²) in [4.78, 5) is 40.6. The second-order valence-electron chi connectivity index (χ2n) is 13.0. The van der Waals surface area contributed by atoms with Crippen LogP contribution in [0, 0.1) is 5.92 Å². The zero-order valence-electron chi connectivity index (χ0n) is 27.7. The summed E-state index contributed by atoms with van der Waals surface area (Å²) in [6.45, 7) is 3.40. The van der Waals surface area contributed by atoms with E-state index in [-0.39, 0.29) is 29.2 Å². The molecule has 10 nitrogen and oxygen atoms in total. The minimum Gasteiger partial charge on any atom is -0.493 e. The third-order valence-electron chi connectivity index (χ3n) is 10.1. The molecule has 2 aromatic carbocycles. The number of piperidine rings is 1. The number of carbonyl (C=O) groups is 2. The molecule has 2 unspecified atom stereocenters. The van der Waals surface area contributed by atoms with Crippen LogP contribution in [0.4, 0.5) is 5.69 Å². The zero-order valence-corrected chi connectivity index (χ0v) is 27.7. The van der Waals surface area contributed by atoms with Crippen molar-refractivity contribution in [3.8, 4) is 28.4 Å². The van der Waals surface area contributed by atoms with Crippen LogP contribution in [0.15, 0.2) is 29.1 Å². The molecule has 0 bridgehead atoms. The highest BCUT2D eigenvalue weighted by atomic mass is 16.5. The monoisotopic (exact) mass is 635 g/mol. The zero-order chi connectivity index (χ0) is 32.8. The van der Waals surface area contributed by atoms with Crippen molar-refractivity contribution in [1.29, 1.82) is 0 Å². The molecular formula is C36H49N3O7. The summed E-state index contributed by atoms with van der Waals surface area (Å²) in [5.41, 5.74) is 3.04. The number of likely N-dealkylation sites (tertiary alicyclic amines) is 1. The third-order valence-corrected chi connectivity index (χ3v) is 10.1. The van der Waals surface area contributed by atoms with E-state index in [1.807, 2.05) is 17.0 Å². The van der Waals surface area contributed by atoms with Crippen LogP contribution >= 0.6 is 0 Å². The highest BCUT2D eigenvalue weighted by Crippen LogP contribution is 2.50. The molecule has 2 fully saturated rings. The molecule has 2 aliphatic carbocycles. The molecule has 3 aliphatic rings. The largest absolute Gasteiger partial charge is 0.493 e. The standard InChI is InChI=1S/C36H49N3O7/c1-23(40)38-28-14-12-24-20-31(44-2)34(45-3)35(46-4)33(24)26-13-15-29(30(41)21-27(26)28)37-18-9-5-6-11-32(42)39-19-17-36(43)16-8-7-10-25(36)22-39/h13,15,20-21,25,28,43H,5-12,14,16-19,22H2,1-4H3,(H,37,41)(H,38,40)/t25?,28-,36?/m0/s1. The lowest BCUT2D eigenvalue weighted by Crippen LogP contribution is -2.54. The van der Waals surface area contributed by atoms with Crippen molar-refractivity contribution in [3.63, 3.8) is 0 Å². The summed E-state index contributed by atoms with van der Waals surface area (Å²) in [5, 5.41) is 17.3. The fraction of sp³-hybridized carbons (Fsp3) is 0.583. The van der Waals surface area contributed by atoms with E-state index in [9.17, 15) is 19.5 Å². The summed E-state index contributed by atoms with van der Waals surface area (Å²) >= 11 is 0. The number of hydrogen-bond donors (Lipinski definition) is 3. The molecule has 3 N–H and O–H groups in total. The molecule has 1 aliphatic heterocycles. The topological polar surface area (TPSA) is 126 Å². The van der Waals surface area contributed by atoms with E-state index < -0.39 is 5.60 Å². The molecule has 250 valence electrons. The van der Waals surface area contributed by atoms with Gasteiger partial charge in [-0.15, -0.1) is 0 Å². The van der Waals surface area contributed by atoms with E-state index in [0.29, 0.717) is 68.3 Å². The number of ether oxygens (including phenoxy) is 3. The van der Waals surface area contributed by atoms with Gasteiger partial charge in [-0.1, -0.05) is 25.3 Å². The van der Waals surface area contributed by atoms with Crippen LogP contribution in [0.25, 0.3) is 11.1 Å². The number of nitrogens with one attached hydrogen (secondary N) is 2. The molecular weight excluding hydrogens is 586 g/mol. The molecule has 5 rings (SSSR count). The van der Waals surface area contributed by atoms with Crippen LogP contribution in [0.5, 0.6) is 17.2 Å². The first kappa shape index (κ1) is 33.6. The van der Waals surface area contributed by atoms with Gasteiger partial charge in [0, 0.05) is 44.5 Å². The van der Waals surface area contributed by atoms with Crippen molar-refractivity contribution in [2.45, 2.75) is 89.2 Å². The number of aliphatic hydroxyl groups is 1. The third kappa shape index (κ3) is 7.12. The number of fused-ring (bicyclic) bond motifs is 4. The molecule has 1 saturated heterocycles. The van der Waals surface area contributed by atoms with Crippen LogP contribution in [-0.4, -0.2) is 68.4 Å². The highest BCUT2D eigenvalue weighted by molar-refractivity contribution is 5.83. The van der Waals surface area contributed by atoms with Gasteiger partial charge in [0.2, 0.25) is 23.0 Å². The number of anilines is 1. The van der Waals surface area contributed by atoms with Gasteiger partial charge in [0.25, 0.3) is 0 Å². The van der Waals surface area contributed by atoms with Gasteiger partial charge < -0.3 is 34.9 Å². The van der Waals surface area contributed by atoms with Gasteiger partial charge in [-0.05, 0) is 79.8 Å². The number of hydrogen-bond acceptors (Lipinski definition) is 8. The molecule has 1 heterocycles. The lowest BCUT2D eigenvalue weighted by atomic mass is 9.71. The van der Waals surface area contributed by atoms with Crippen LogP contribution < -0.4 is 30.3 Å². The van der Waals surface area contributed by atoms with Gasteiger partial charge >= 0.3 is 0 Å². The maximum atomic E-state index is 13.5. The number of unbranched alkanes of at least 4 members (excludes halogenated alkanes) is 2. The maximum absolute atomic E-state index is 13.5. The molecule has 1 saturated carbocycles. The summed E-state index contributed by atoms with van der Waals surface area (Å²) in [6.07, 6.45) is 8.97. The normalized spacial score (nSPS) is 22.0. The first-order valence-electron chi connectivity index (χ1n) is 16.7. The average Bonchev–Trinajstić information content (AvgIpc) is 3.29. The first-order chi connectivity index (χ1) is 22.2. The number of nitrogens with zero attached hydrogens (tertiary/aromatic N) is 1. The van der Waals surface area contributed by atoms with Gasteiger partial charge in [-0.2, -0.15) is 0 Å². The predicted molar refractivity (Wildman–Crippen MR) is 178 cm³/mol. The van der Waals surface area contributed by atoms with Crippen molar-refractivity contribution in [1.82, 2.24) is 10.2 Å². The van der Waals surface area contributed by atoms with Crippen LogP contribution in [0.2, 0.25) is 0 Å². The van der Waals surface area contributed by atoms with E-state index in [4.69, 9.17) is 14.2 Å². The second kappa shape index (κ2) is 14.8. The Kier molecular flexibility index (Phi) is 10.8. The van der Waals surface area contributed by atoms with Crippen molar-refractivity contribution in [3.05, 3.63) is 45.6 Å². The lowest BCUT2D eigenvalue weighted by Gasteiger charge is -2.47. The minimum absolute atomic E-state index is 0.164. The van der Waals surface area contributed by atoms with Gasteiger partial charge in [-0.25, -0.2) is 0 Å². The lowest BCUT2D eigenvalue weighted by molar-refractivity contribution is -0.143. The minimum atomic E-state index is -0.575. The van der Waals surface area contributed by atoms with Crippen molar-refractivity contribution >= 4 is 17.5 Å². The average molecular weight is 636 g/mol. The smallest absolute Gasteiger partial charge is 0.222 e. The Morgan fingerprint density at radius 2 is 1.80 bits per heavy atom. The highest BCUT2D eigenvalue weighted by Gasteiger charge is 2.43. The van der Waals surface area contributed by atoms with Crippen LogP contribution in [0.3, 0.4) is 0 Å². The molecule has 10 heteroatoms. The fourth-order valence-electron chi connectivity index (χ4n) is 7.61. The number of carbonyl (C=O) groups excluding carboxylic acids is 2. The summed E-state index contributed by atoms with van der Waals surface area (Å²) in [6, 6.07) is 6.90.